The van der Waals surface area contributed by atoms with Gasteiger partial charge >= 0.3 is 0 Å². The molecule has 1 atom stereocenters. The zero-order valence-electron chi connectivity index (χ0n) is 22.5. The van der Waals surface area contributed by atoms with Crippen LogP contribution in [0.25, 0.3) is 16.7 Å². The fraction of sp³-hybridized carbons (Fsp3) is 0.371. The van der Waals surface area contributed by atoms with E-state index in [1.807, 2.05) is 55.4 Å². The monoisotopic (exact) mass is 466 g/mol. The minimum Gasteiger partial charge on any atom is -0.0839 e. The van der Waals surface area contributed by atoms with Crippen LogP contribution in [0.15, 0.2) is 84.0 Å². The molecule has 0 amide bonds. The Labute approximate surface area is 215 Å². The lowest BCUT2D eigenvalue weighted by atomic mass is 9.63. The molecule has 0 fully saturated rings. The highest BCUT2D eigenvalue weighted by Gasteiger charge is 2.55. The molecule has 2 aromatic carbocycles. The van der Waals surface area contributed by atoms with Crippen molar-refractivity contribution in [1.82, 2.24) is 0 Å². The molecule has 0 aliphatic heterocycles. The largest absolute Gasteiger partial charge is 0.0839 e. The predicted octanol–water partition coefficient (Wildman–Crippen LogP) is 11.0. The third kappa shape index (κ3) is 3.83. The van der Waals surface area contributed by atoms with Crippen molar-refractivity contribution >= 4 is 16.7 Å². The number of benzene rings is 2. The Bertz CT molecular complexity index is 1190. The van der Waals surface area contributed by atoms with Crippen molar-refractivity contribution < 1.29 is 0 Å². The number of allylic oxidation sites excluding steroid dienone is 10. The lowest BCUT2D eigenvalue weighted by Crippen LogP contribution is -2.31. The normalized spacial score (nSPS) is 19.8. The van der Waals surface area contributed by atoms with Crippen LogP contribution in [0.1, 0.15) is 110 Å². The summed E-state index contributed by atoms with van der Waals surface area (Å²) >= 11 is 0. The first-order valence-electron chi connectivity index (χ1n) is 13.7. The van der Waals surface area contributed by atoms with E-state index in [0.717, 1.165) is 12.8 Å². The van der Waals surface area contributed by atoms with Gasteiger partial charge in [-0.05, 0) is 74.9 Å². The summed E-state index contributed by atoms with van der Waals surface area (Å²) < 4.78 is 0. The van der Waals surface area contributed by atoms with Crippen LogP contribution in [-0.4, -0.2) is 0 Å². The van der Waals surface area contributed by atoms with E-state index in [2.05, 4.69) is 72.8 Å². The molecule has 1 spiro atoms. The maximum absolute atomic E-state index is 2.51. The topological polar surface area (TPSA) is 0 Å². The molecule has 5 aliphatic carbocycles. The third-order valence-electron chi connectivity index (χ3n) is 6.94. The highest BCUT2D eigenvalue weighted by Crippen LogP contribution is 2.66. The Morgan fingerprint density at radius 3 is 2.06 bits per heavy atom. The smallest absolute Gasteiger partial charge is 0.0728 e. The zero-order chi connectivity index (χ0) is 24.9. The lowest BCUT2D eigenvalue weighted by Gasteiger charge is -2.37. The number of fused-ring (bicyclic) bond motifs is 4. The molecule has 5 aliphatic rings. The van der Waals surface area contributed by atoms with Gasteiger partial charge in [0.1, 0.15) is 0 Å². The van der Waals surface area contributed by atoms with Crippen LogP contribution in [0.5, 0.6) is 0 Å². The third-order valence-corrected chi connectivity index (χ3v) is 6.94. The van der Waals surface area contributed by atoms with Crippen LogP contribution < -0.4 is 0 Å². The first kappa shape index (κ1) is 28.4. The first-order valence-corrected chi connectivity index (χ1v) is 13.7. The lowest BCUT2D eigenvalue weighted by molar-refractivity contribution is 0.763. The number of hydrogen-bond donors (Lipinski definition) is 0. The molecule has 0 radical (unpaired) electrons. The quantitative estimate of drug-likeness (QED) is 0.362. The minimum absolute atomic E-state index is 0. The Balaban J connectivity index is 0.000000441. The van der Waals surface area contributed by atoms with Gasteiger partial charge in [0.25, 0.3) is 0 Å². The average Bonchev–Trinajstić information content (AvgIpc) is 3.31. The second-order valence-electron chi connectivity index (χ2n) is 7.96. The van der Waals surface area contributed by atoms with Crippen molar-refractivity contribution in [2.24, 2.45) is 0 Å². The van der Waals surface area contributed by atoms with E-state index in [0.29, 0.717) is 0 Å². The summed E-state index contributed by atoms with van der Waals surface area (Å²) in [6.45, 7) is 16.0. The Morgan fingerprint density at radius 2 is 1.31 bits per heavy atom. The highest BCUT2D eigenvalue weighted by atomic mass is 14.6. The van der Waals surface area contributed by atoms with Gasteiger partial charge in [0.05, 0.1) is 5.41 Å². The molecule has 7 rings (SSSR count). The van der Waals surface area contributed by atoms with Crippen molar-refractivity contribution in [2.75, 3.05) is 0 Å². The van der Waals surface area contributed by atoms with Gasteiger partial charge in [-0.2, -0.15) is 0 Å². The van der Waals surface area contributed by atoms with Crippen LogP contribution in [0.2, 0.25) is 0 Å². The van der Waals surface area contributed by atoms with E-state index >= 15 is 0 Å². The van der Waals surface area contributed by atoms with E-state index in [9.17, 15) is 0 Å². The molecule has 0 nitrogen and oxygen atoms in total. The average molecular weight is 467 g/mol. The van der Waals surface area contributed by atoms with E-state index < -0.39 is 0 Å². The summed E-state index contributed by atoms with van der Waals surface area (Å²) in [5.74, 6) is 0. The molecule has 0 N–H and O–H groups in total. The van der Waals surface area contributed by atoms with Crippen molar-refractivity contribution in [2.45, 2.75) is 87.5 Å². The molecule has 0 saturated carbocycles. The van der Waals surface area contributed by atoms with E-state index in [-0.39, 0.29) is 12.8 Å². The molecule has 2 bridgehead atoms. The van der Waals surface area contributed by atoms with E-state index in [1.54, 1.807) is 11.1 Å². The standard InChI is InChI=1S/C26H18.4C2H6.CH4/c1-3-13-22-18(8-1)19-11-5-7-16-15-24(19)26(22)23-14-4-2-9-20(23)21-12-6-10-17(16)25(21)26;4*1-2;/h1,3-6,8,10-15H,2,7,9H2;4*1-2H3;1H4. The molecular weight excluding hydrogens is 420 g/mol. The second-order valence-corrected chi connectivity index (χ2v) is 7.96. The fourth-order valence-electron chi connectivity index (χ4n) is 6.09. The van der Waals surface area contributed by atoms with Gasteiger partial charge in [-0.15, -0.1) is 0 Å². The summed E-state index contributed by atoms with van der Waals surface area (Å²) in [5.41, 5.74) is 14.9. The molecule has 1 unspecified atom stereocenters. The van der Waals surface area contributed by atoms with Gasteiger partial charge < -0.3 is 0 Å². The van der Waals surface area contributed by atoms with Crippen molar-refractivity contribution in [3.8, 4) is 0 Å². The SMILES string of the molecule is C.C1=CC2=C(CC1)c1cccc3c1C21C2=C(C=CCC3=C2)c2ccccc21.CC.CC.CC.CC. The molecule has 2 aromatic rings. The van der Waals surface area contributed by atoms with Crippen LogP contribution in [-0.2, 0) is 5.41 Å². The summed E-state index contributed by atoms with van der Waals surface area (Å²) in [7, 11) is 0. The highest BCUT2D eigenvalue weighted by molar-refractivity contribution is 6.04. The maximum atomic E-state index is 2.51. The molecule has 0 heterocycles. The molecule has 0 aromatic heterocycles. The second kappa shape index (κ2) is 12.2. The van der Waals surface area contributed by atoms with Gasteiger partial charge in [0.2, 0.25) is 0 Å². The minimum atomic E-state index is -0.0811. The van der Waals surface area contributed by atoms with Crippen LogP contribution >= 0.6 is 0 Å². The van der Waals surface area contributed by atoms with Crippen molar-refractivity contribution in [1.29, 1.82) is 0 Å². The van der Waals surface area contributed by atoms with Gasteiger partial charge in [0, 0.05) is 0 Å². The van der Waals surface area contributed by atoms with E-state index in [4.69, 9.17) is 0 Å². The van der Waals surface area contributed by atoms with Gasteiger partial charge in [-0.1, -0.05) is 136 Å². The van der Waals surface area contributed by atoms with Crippen molar-refractivity contribution in [3.05, 3.63) is 112 Å². The Kier molecular flexibility index (Phi) is 9.90. The van der Waals surface area contributed by atoms with Gasteiger partial charge in [-0.25, -0.2) is 0 Å². The maximum Gasteiger partial charge on any atom is 0.0728 e. The van der Waals surface area contributed by atoms with Gasteiger partial charge in [0.15, 0.2) is 0 Å². The van der Waals surface area contributed by atoms with Crippen LogP contribution in [0.4, 0.5) is 0 Å². The van der Waals surface area contributed by atoms with Crippen molar-refractivity contribution in [3.63, 3.8) is 0 Å². The Morgan fingerprint density at radius 1 is 0.657 bits per heavy atom. The summed E-state index contributed by atoms with van der Waals surface area (Å²) in [6, 6.07) is 16.1. The molecule has 0 heteroatoms. The van der Waals surface area contributed by atoms with Crippen LogP contribution in [0, 0.1) is 0 Å². The molecule has 186 valence electrons. The number of hydrogen-bond acceptors (Lipinski definition) is 0. The predicted molar refractivity (Wildman–Crippen MR) is 160 cm³/mol. The summed E-state index contributed by atoms with van der Waals surface area (Å²) in [4.78, 5) is 0. The molecular formula is C35H46. The zero-order valence-corrected chi connectivity index (χ0v) is 22.5. The van der Waals surface area contributed by atoms with Gasteiger partial charge in [-0.3, -0.25) is 0 Å². The Hall–Kier alpha value is -2.86. The molecule has 0 saturated heterocycles. The summed E-state index contributed by atoms with van der Waals surface area (Å²) in [6.07, 6.45) is 15.4. The fourth-order valence-corrected chi connectivity index (χ4v) is 6.09. The first-order chi connectivity index (χ1) is 16.9. The molecule has 35 heavy (non-hydrogen) atoms. The van der Waals surface area contributed by atoms with E-state index in [1.165, 1.54) is 51.0 Å². The van der Waals surface area contributed by atoms with Crippen LogP contribution in [0.3, 0.4) is 0 Å². The summed E-state index contributed by atoms with van der Waals surface area (Å²) in [5, 5.41) is 0. The number of rotatable bonds is 0.